The minimum atomic E-state index is 0.472. The highest BCUT2D eigenvalue weighted by molar-refractivity contribution is 9.10. The molecule has 1 aliphatic rings. The number of furan rings is 1. The third kappa shape index (κ3) is 3.04. The second-order valence-corrected chi connectivity index (χ2v) is 7.33. The summed E-state index contributed by atoms with van der Waals surface area (Å²) in [6.45, 7) is 8.55. The molecule has 0 unspecified atom stereocenters. The molecule has 2 aromatic rings. The molecule has 2 nitrogen and oxygen atoms in total. The van der Waals surface area contributed by atoms with E-state index < -0.39 is 0 Å². The summed E-state index contributed by atoms with van der Waals surface area (Å²) in [6, 6.07) is 4.44. The maximum atomic E-state index is 6.31. The molecule has 0 saturated heterocycles. The minimum absolute atomic E-state index is 0.472. The molecule has 1 heterocycles. The number of hydrogen-bond donors (Lipinski definition) is 1. The predicted octanol–water partition coefficient (Wildman–Crippen LogP) is 5.70. The molecule has 21 heavy (non-hydrogen) atoms. The van der Waals surface area contributed by atoms with Gasteiger partial charge in [-0.25, -0.2) is 0 Å². The molecule has 0 radical (unpaired) electrons. The third-order valence-corrected chi connectivity index (χ3v) is 4.68. The summed E-state index contributed by atoms with van der Waals surface area (Å²) in [7, 11) is 0. The molecule has 1 aliphatic carbocycles. The van der Waals surface area contributed by atoms with Gasteiger partial charge in [-0.1, -0.05) is 36.7 Å². The summed E-state index contributed by atoms with van der Waals surface area (Å²) in [6.07, 6.45) is 3.76. The summed E-state index contributed by atoms with van der Waals surface area (Å²) in [4.78, 5) is 0. The van der Waals surface area contributed by atoms with Crippen molar-refractivity contribution in [1.29, 1.82) is 0 Å². The second-order valence-electron chi connectivity index (χ2n) is 6.42. The summed E-state index contributed by atoms with van der Waals surface area (Å²) >= 11 is 3.67. The van der Waals surface area contributed by atoms with Gasteiger partial charge in [0.2, 0.25) is 0 Å². The van der Waals surface area contributed by atoms with Gasteiger partial charge in [0.15, 0.2) is 0 Å². The quantitative estimate of drug-likeness (QED) is 0.677. The van der Waals surface area contributed by atoms with Crippen LogP contribution >= 0.6 is 15.9 Å². The zero-order valence-corrected chi connectivity index (χ0v) is 14.7. The van der Waals surface area contributed by atoms with E-state index in [0.717, 1.165) is 35.3 Å². The van der Waals surface area contributed by atoms with Crippen LogP contribution in [0.2, 0.25) is 0 Å². The Hall–Kier alpha value is -0.800. The normalized spacial score (nSPS) is 15.3. The van der Waals surface area contributed by atoms with E-state index in [1.54, 1.807) is 0 Å². The topological polar surface area (TPSA) is 25.2 Å². The maximum Gasteiger partial charge on any atom is 0.138 e. The van der Waals surface area contributed by atoms with E-state index in [0.29, 0.717) is 11.8 Å². The SMILES string of the molecule is CCCNCc1oc2c(C(C)C)cc(Br)cc2c1C1CC1. The van der Waals surface area contributed by atoms with Gasteiger partial charge in [-0.15, -0.1) is 0 Å². The van der Waals surface area contributed by atoms with Crippen molar-refractivity contribution in [3.63, 3.8) is 0 Å². The van der Waals surface area contributed by atoms with Gasteiger partial charge in [0, 0.05) is 15.4 Å². The largest absolute Gasteiger partial charge is 0.459 e. The molecule has 1 N–H and O–H groups in total. The third-order valence-electron chi connectivity index (χ3n) is 4.22. The van der Waals surface area contributed by atoms with Crippen molar-refractivity contribution < 1.29 is 4.42 Å². The molecule has 1 aromatic heterocycles. The van der Waals surface area contributed by atoms with Gasteiger partial charge < -0.3 is 9.73 Å². The number of hydrogen-bond acceptors (Lipinski definition) is 2. The van der Waals surface area contributed by atoms with Gasteiger partial charge in [0.05, 0.1) is 6.54 Å². The van der Waals surface area contributed by atoms with E-state index >= 15 is 0 Å². The number of benzene rings is 1. The molecule has 3 rings (SSSR count). The van der Waals surface area contributed by atoms with Crippen molar-refractivity contribution in [3.8, 4) is 0 Å². The molecule has 0 atom stereocenters. The Morgan fingerprint density at radius 3 is 2.71 bits per heavy atom. The Balaban J connectivity index is 2.09. The maximum absolute atomic E-state index is 6.31. The van der Waals surface area contributed by atoms with Gasteiger partial charge in [-0.05, 0) is 55.3 Å². The molecule has 0 aliphatic heterocycles. The fourth-order valence-corrected chi connectivity index (χ4v) is 3.49. The van der Waals surface area contributed by atoms with Gasteiger partial charge >= 0.3 is 0 Å². The molecule has 3 heteroatoms. The standard InChI is InChI=1S/C18H24BrNO/c1-4-7-20-10-16-17(12-5-6-12)15-9-13(19)8-14(11(2)3)18(15)21-16/h8-9,11-12,20H,4-7,10H2,1-3H3. The van der Waals surface area contributed by atoms with E-state index in [1.807, 2.05) is 0 Å². The average Bonchev–Trinajstić information content (AvgIpc) is 3.20. The van der Waals surface area contributed by atoms with Gasteiger partial charge in [0.25, 0.3) is 0 Å². The molecule has 114 valence electrons. The Bertz CT molecular complexity index is 640. The summed E-state index contributed by atoms with van der Waals surface area (Å²) in [5.74, 6) is 2.33. The predicted molar refractivity (Wildman–Crippen MR) is 92.0 cm³/mol. The fraction of sp³-hybridized carbons (Fsp3) is 0.556. The highest BCUT2D eigenvalue weighted by atomic mass is 79.9. The second kappa shape index (κ2) is 6.13. The Labute approximate surface area is 135 Å². The van der Waals surface area contributed by atoms with Crippen molar-refractivity contribution >= 4 is 26.9 Å². The minimum Gasteiger partial charge on any atom is -0.459 e. The monoisotopic (exact) mass is 349 g/mol. The Morgan fingerprint density at radius 1 is 1.33 bits per heavy atom. The lowest BCUT2D eigenvalue weighted by Gasteiger charge is -2.07. The Morgan fingerprint density at radius 2 is 2.10 bits per heavy atom. The first kappa shape index (κ1) is 15.1. The van der Waals surface area contributed by atoms with Crippen LogP contribution in [0, 0.1) is 0 Å². The van der Waals surface area contributed by atoms with Crippen LogP contribution in [0.1, 0.15) is 68.8 Å². The van der Waals surface area contributed by atoms with Crippen molar-refractivity contribution in [2.24, 2.45) is 0 Å². The number of halogens is 1. The van der Waals surface area contributed by atoms with Crippen LogP contribution in [-0.4, -0.2) is 6.54 Å². The molecule has 0 bridgehead atoms. The van der Waals surface area contributed by atoms with Crippen molar-refractivity contribution in [3.05, 3.63) is 33.5 Å². The van der Waals surface area contributed by atoms with Crippen LogP contribution in [0.5, 0.6) is 0 Å². The van der Waals surface area contributed by atoms with E-state index in [1.165, 1.54) is 29.4 Å². The first-order chi connectivity index (χ1) is 10.1. The summed E-state index contributed by atoms with van der Waals surface area (Å²) in [5.41, 5.74) is 3.86. The van der Waals surface area contributed by atoms with Crippen molar-refractivity contribution in [1.82, 2.24) is 5.32 Å². The smallest absolute Gasteiger partial charge is 0.138 e. The molecule has 0 amide bonds. The number of fused-ring (bicyclic) bond motifs is 1. The Kier molecular flexibility index (Phi) is 4.41. The number of nitrogens with one attached hydrogen (secondary N) is 1. The molecular weight excluding hydrogens is 326 g/mol. The summed E-state index contributed by atoms with van der Waals surface area (Å²) < 4.78 is 7.47. The molecule has 0 spiro atoms. The van der Waals surface area contributed by atoms with Gasteiger partial charge in [-0.3, -0.25) is 0 Å². The lowest BCUT2D eigenvalue weighted by Crippen LogP contribution is -2.14. The van der Waals surface area contributed by atoms with Crippen molar-refractivity contribution in [2.45, 2.75) is 58.4 Å². The van der Waals surface area contributed by atoms with E-state index in [-0.39, 0.29) is 0 Å². The van der Waals surface area contributed by atoms with Crippen LogP contribution in [-0.2, 0) is 6.54 Å². The van der Waals surface area contributed by atoms with Gasteiger partial charge in [-0.2, -0.15) is 0 Å². The highest BCUT2D eigenvalue weighted by Gasteiger charge is 2.31. The van der Waals surface area contributed by atoms with Crippen LogP contribution < -0.4 is 5.32 Å². The average molecular weight is 350 g/mol. The van der Waals surface area contributed by atoms with E-state index in [2.05, 4.69) is 54.2 Å². The first-order valence-corrected chi connectivity index (χ1v) is 8.86. The molecule has 1 fully saturated rings. The van der Waals surface area contributed by atoms with Crippen LogP contribution in [0.15, 0.2) is 21.0 Å². The zero-order valence-electron chi connectivity index (χ0n) is 13.1. The number of rotatable bonds is 6. The summed E-state index contributed by atoms with van der Waals surface area (Å²) in [5, 5.41) is 4.82. The van der Waals surface area contributed by atoms with Gasteiger partial charge in [0.1, 0.15) is 11.3 Å². The molecule has 1 aromatic carbocycles. The zero-order chi connectivity index (χ0) is 15.0. The lowest BCUT2D eigenvalue weighted by molar-refractivity contribution is 0.504. The lowest BCUT2D eigenvalue weighted by atomic mass is 9.98. The van der Waals surface area contributed by atoms with E-state index in [4.69, 9.17) is 4.42 Å². The van der Waals surface area contributed by atoms with Crippen LogP contribution in [0.4, 0.5) is 0 Å². The van der Waals surface area contributed by atoms with Crippen LogP contribution in [0.3, 0.4) is 0 Å². The van der Waals surface area contributed by atoms with Crippen molar-refractivity contribution in [2.75, 3.05) is 6.54 Å². The van der Waals surface area contributed by atoms with E-state index in [9.17, 15) is 0 Å². The van der Waals surface area contributed by atoms with Crippen LogP contribution in [0.25, 0.3) is 11.0 Å². The first-order valence-electron chi connectivity index (χ1n) is 8.07. The fourth-order valence-electron chi connectivity index (χ4n) is 3.02. The molecular formula is C18H24BrNO. The highest BCUT2D eigenvalue weighted by Crippen LogP contribution is 2.47. The molecule has 1 saturated carbocycles.